The Bertz CT molecular complexity index is 2790. The zero-order valence-corrected chi connectivity index (χ0v) is 39.6. The molecule has 6 aliphatic rings. The van der Waals surface area contributed by atoms with Gasteiger partial charge >= 0.3 is 0 Å². The Morgan fingerprint density at radius 3 is 2.61 bits per heavy atom. The van der Waals surface area contributed by atoms with Crippen LogP contribution in [0.3, 0.4) is 0 Å². The summed E-state index contributed by atoms with van der Waals surface area (Å²) in [5, 5.41) is 18.5. The van der Waals surface area contributed by atoms with Crippen LogP contribution in [0.5, 0.6) is 5.88 Å². The van der Waals surface area contributed by atoms with Gasteiger partial charge in [0, 0.05) is 73.1 Å². The smallest absolute Gasteiger partial charge is 0.293 e. The van der Waals surface area contributed by atoms with E-state index >= 15 is 0 Å². The fourth-order valence-electron chi connectivity index (χ4n) is 11.7. The molecule has 3 aromatic heterocycles. The summed E-state index contributed by atoms with van der Waals surface area (Å²) in [5.74, 6) is 0.311. The highest BCUT2D eigenvalue weighted by atomic mass is 32.2. The topological polar surface area (TPSA) is 184 Å². The lowest BCUT2D eigenvalue weighted by atomic mass is 9.60. The summed E-state index contributed by atoms with van der Waals surface area (Å²) in [6.07, 6.45) is 10.1. The largest absolute Gasteiger partial charge is 0.468 e. The minimum atomic E-state index is -4.58. The van der Waals surface area contributed by atoms with Gasteiger partial charge in [-0.1, -0.05) is 13.8 Å². The van der Waals surface area contributed by atoms with Crippen LogP contribution in [-0.2, 0) is 19.5 Å². The van der Waals surface area contributed by atoms with Crippen LogP contribution in [0.15, 0.2) is 71.1 Å². The number of aromatic nitrogens is 2. The van der Waals surface area contributed by atoms with Gasteiger partial charge in [-0.3, -0.25) is 19.8 Å². The van der Waals surface area contributed by atoms with Gasteiger partial charge in [-0.05, 0) is 135 Å². The maximum absolute atomic E-state index is 14.6. The molecular weight excluding hydrogens is 893 g/mol. The molecule has 5 aromatic rings. The molecule has 0 radical (unpaired) electrons. The van der Waals surface area contributed by atoms with Gasteiger partial charge in [0.1, 0.15) is 23.1 Å². The molecule has 3 atom stereocenters. The SMILES string of the molecule is CC(C)c1ccsc1[C@@H]1CCCN1C1CC2(CCN(c3ccc(C(=O)NS(=O)(=O)c4ccc(NCC5CCOCC5)c([N+](=O)[O-])c4)c(N4c5cc6cc[nH]c6nc5O[C@@H]5COC[C@H]54)c3)CC2)C1. The number of pyridine rings is 1. The molecule has 1 spiro atoms. The second kappa shape index (κ2) is 17.7. The van der Waals surface area contributed by atoms with Gasteiger partial charge in [0.25, 0.3) is 21.6 Å². The highest BCUT2D eigenvalue weighted by Crippen LogP contribution is 2.55. The van der Waals surface area contributed by atoms with Crippen LogP contribution in [0.1, 0.15) is 98.0 Å². The predicted molar refractivity (Wildman–Crippen MR) is 257 cm³/mol. The van der Waals surface area contributed by atoms with Crippen molar-refractivity contribution >= 4 is 66.7 Å². The number of aromatic amines is 1. The highest BCUT2D eigenvalue weighted by Gasteiger charge is 2.50. The van der Waals surface area contributed by atoms with Crippen molar-refractivity contribution in [2.24, 2.45) is 11.3 Å². The molecule has 11 rings (SSSR count). The summed E-state index contributed by atoms with van der Waals surface area (Å²) in [4.78, 5) is 42.6. The van der Waals surface area contributed by atoms with Gasteiger partial charge < -0.3 is 34.3 Å². The number of amides is 1. The molecule has 18 heteroatoms. The first-order chi connectivity index (χ1) is 32.4. The Morgan fingerprint density at radius 2 is 1.82 bits per heavy atom. The third-order valence-electron chi connectivity index (χ3n) is 15.4. The van der Waals surface area contributed by atoms with Crippen LogP contribution in [0.2, 0.25) is 0 Å². The molecule has 0 bridgehead atoms. The first-order valence-electron chi connectivity index (χ1n) is 23.8. The monoisotopic (exact) mass is 950 g/mol. The highest BCUT2D eigenvalue weighted by molar-refractivity contribution is 7.90. The number of hydrogen-bond acceptors (Lipinski definition) is 14. The number of rotatable bonds is 12. The third-order valence-corrected chi connectivity index (χ3v) is 17.8. The summed E-state index contributed by atoms with van der Waals surface area (Å²) >= 11 is 1.93. The Labute approximate surface area is 394 Å². The number of nitrogens with one attached hydrogen (secondary N) is 3. The van der Waals surface area contributed by atoms with Crippen molar-refractivity contribution < 1.29 is 32.3 Å². The standard InChI is InChI=1S/C49H58N8O8S2/c1-30(2)36-12-21-66-45(36)39-4-3-16-55(39)34-25-49(26-34)13-17-54(18-14-49)33-5-7-37(40(23-33)56-42-22-32-9-15-50-46(32)52-48(42)65-44-29-64-28-43(44)56)47(58)53-67(61,62)35-6-8-38(41(24-35)57(59)60)51-27-31-10-19-63-20-11-31/h5-9,12,15,21-24,30-31,34,39,43-44,51H,3-4,10-11,13-14,16-20,25-29H2,1-2H3,(H,50,52)(H,53,58)/t39-,43+,44+/m0/s1. The fourth-order valence-corrected chi connectivity index (χ4v) is 13.9. The number of nitro groups is 1. The number of benzene rings is 2. The average molecular weight is 951 g/mol. The molecule has 8 heterocycles. The molecule has 67 heavy (non-hydrogen) atoms. The van der Waals surface area contributed by atoms with Crippen molar-refractivity contribution in [2.75, 3.05) is 67.7 Å². The number of nitrogens with zero attached hydrogens (tertiary/aromatic N) is 5. The fraction of sp³-hybridized carbons (Fsp3) is 0.510. The van der Waals surface area contributed by atoms with Gasteiger partial charge in [0.05, 0.1) is 40.3 Å². The Kier molecular flexibility index (Phi) is 11.7. The number of hydrogen-bond donors (Lipinski definition) is 3. The van der Waals surface area contributed by atoms with Crippen molar-refractivity contribution in [2.45, 2.75) is 100 Å². The van der Waals surface area contributed by atoms with Crippen molar-refractivity contribution in [3.63, 3.8) is 0 Å². The number of carbonyl (C=O) groups excluding carboxylic acids is 1. The number of anilines is 4. The van der Waals surface area contributed by atoms with Gasteiger partial charge in [-0.2, -0.15) is 4.98 Å². The number of ether oxygens (including phenoxy) is 3. The lowest BCUT2D eigenvalue weighted by Crippen LogP contribution is -2.54. The molecule has 5 fully saturated rings. The Hall–Kier alpha value is -5.27. The summed E-state index contributed by atoms with van der Waals surface area (Å²) in [7, 11) is -4.58. The van der Waals surface area contributed by atoms with E-state index in [2.05, 4.69) is 50.1 Å². The van der Waals surface area contributed by atoms with Crippen molar-refractivity contribution in [3.05, 3.63) is 92.3 Å². The van der Waals surface area contributed by atoms with Gasteiger partial charge in [-0.15, -0.1) is 11.3 Å². The van der Waals surface area contributed by atoms with E-state index in [0.29, 0.717) is 79.3 Å². The zero-order chi connectivity index (χ0) is 46.0. The van der Waals surface area contributed by atoms with Crippen LogP contribution in [0, 0.1) is 21.4 Å². The van der Waals surface area contributed by atoms with E-state index in [1.165, 1.54) is 49.9 Å². The van der Waals surface area contributed by atoms with Gasteiger partial charge in [0.15, 0.2) is 0 Å². The number of carbonyl (C=O) groups is 1. The first kappa shape index (κ1) is 44.2. The molecular formula is C49H58N8O8S2. The van der Waals surface area contributed by atoms with E-state index < -0.39 is 37.5 Å². The van der Waals surface area contributed by atoms with E-state index in [0.717, 1.165) is 55.9 Å². The van der Waals surface area contributed by atoms with Gasteiger partial charge in [-0.25, -0.2) is 13.1 Å². The third kappa shape index (κ3) is 8.31. The number of sulfonamides is 1. The van der Waals surface area contributed by atoms with Crippen LogP contribution in [0.25, 0.3) is 11.0 Å². The predicted octanol–water partition coefficient (Wildman–Crippen LogP) is 8.50. The van der Waals surface area contributed by atoms with Gasteiger partial charge in [0.2, 0.25) is 5.88 Å². The summed E-state index contributed by atoms with van der Waals surface area (Å²) < 4.78 is 48.2. The maximum Gasteiger partial charge on any atom is 0.293 e. The van der Waals surface area contributed by atoms with Crippen LogP contribution in [0.4, 0.5) is 28.4 Å². The summed E-state index contributed by atoms with van der Waals surface area (Å²) in [5.41, 5.74) is 4.44. The molecule has 354 valence electrons. The summed E-state index contributed by atoms with van der Waals surface area (Å²) in [6.45, 7) is 9.87. The minimum absolute atomic E-state index is 0.117. The average Bonchev–Trinajstić information content (AvgIpc) is 4.16. The molecule has 2 aromatic carbocycles. The molecule has 1 amide bonds. The molecule has 0 unspecified atom stereocenters. The molecule has 1 aliphatic carbocycles. The van der Waals surface area contributed by atoms with E-state index in [1.807, 2.05) is 46.7 Å². The van der Waals surface area contributed by atoms with E-state index in [1.54, 1.807) is 10.9 Å². The normalized spacial score (nSPS) is 23.3. The first-order valence-corrected chi connectivity index (χ1v) is 26.2. The molecule has 4 saturated heterocycles. The second-order valence-electron chi connectivity index (χ2n) is 19.7. The van der Waals surface area contributed by atoms with Crippen molar-refractivity contribution in [1.82, 2.24) is 19.6 Å². The molecule has 3 N–H and O–H groups in total. The Morgan fingerprint density at radius 1 is 1.00 bits per heavy atom. The number of piperidine rings is 1. The number of nitro benzene ring substituents is 1. The number of likely N-dealkylation sites (tertiary alicyclic amines) is 1. The molecule has 16 nitrogen and oxygen atoms in total. The quantitative estimate of drug-likeness (QED) is 0.0800. The van der Waals surface area contributed by atoms with Crippen LogP contribution in [-0.4, -0.2) is 105 Å². The zero-order valence-electron chi connectivity index (χ0n) is 37.9. The lowest BCUT2D eigenvalue weighted by Gasteiger charge is -2.56. The molecule has 5 aliphatic heterocycles. The number of fused-ring (bicyclic) bond motifs is 3. The van der Waals surface area contributed by atoms with Crippen LogP contribution < -0.4 is 24.6 Å². The lowest BCUT2D eigenvalue weighted by molar-refractivity contribution is -0.384. The maximum atomic E-state index is 14.6. The van der Waals surface area contributed by atoms with Crippen molar-refractivity contribution in [3.8, 4) is 5.88 Å². The Balaban J connectivity index is 0.867. The minimum Gasteiger partial charge on any atom is -0.468 e. The van der Waals surface area contributed by atoms with E-state index in [-0.39, 0.29) is 23.2 Å². The molecule has 1 saturated carbocycles. The number of thiophene rings is 1. The second-order valence-corrected chi connectivity index (χ2v) is 22.3. The van der Waals surface area contributed by atoms with E-state index in [9.17, 15) is 23.3 Å². The van der Waals surface area contributed by atoms with Crippen molar-refractivity contribution in [1.29, 1.82) is 0 Å². The van der Waals surface area contributed by atoms with Crippen LogP contribution >= 0.6 is 11.3 Å². The number of H-pyrrole nitrogens is 1. The summed E-state index contributed by atoms with van der Waals surface area (Å²) in [6, 6.07) is 16.2. The van der Waals surface area contributed by atoms with E-state index in [4.69, 9.17) is 19.2 Å².